The lowest BCUT2D eigenvalue weighted by Gasteiger charge is -2.24. The van der Waals surface area contributed by atoms with Crippen LogP contribution in [0.15, 0.2) is 71.6 Å². The number of nitrogens with two attached hydrogens (primary N) is 1. The minimum absolute atomic E-state index is 0. The van der Waals surface area contributed by atoms with Crippen LogP contribution in [0.1, 0.15) is 12.8 Å². The summed E-state index contributed by atoms with van der Waals surface area (Å²) < 4.78 is 34.9. The van der Waals surface area contributed by atoms with E-state index >= 15 is 0 Å². The van der Waals surface area contributed by atoms with E-state index in [0.717, 1.165) is 6.42 Å². The second kappa shape index (κ2) is 11.5. The molecule has 4 aromatic rings. The van der Waals surface area contributed by atoms with Crippen LogP contribution < -0.4 is 25.4 Å². The maximum Gasteiger partial charge on any atom is 0.263 e. The molecule has 10 nitrogen and oxygen atoms in total. The molecule has 1 amide bonds. The van der Waals surface area contributed by atoms with Gasteiger partial charge in [0.05, 0.1) is 33.7 Å². The van der Waals surface area contributed by atoms with Gasteiger partial charge >= 0.3 is 0 Å². The van der Waals surface area contributed by atoms with Crippen molar-refractivity contribution in [2.75, 3.05) is 28.6 Å². The van der Waals surface area contributed by atoms with Crippen LogP contribution in [-0.4, -0.2) is 44.0 Å². The van der Waals surface area contributed by atoms with Gasteiger partial charge in [0.25, 0.3) is 10.0 Å². The molecule has 1 unspecified atom stereocenters. The molecule has 1 aromatic heterocycles. The molecule has 0 aliphatic carbocycles. The Balaban J connectivity index is 0.00000353. The van der Waals surface area contributed by atoms with E-state index in [1.54, 1.807) is 48.5 Å². The number of hydrogen-bond acceptors (Lipinski definition) is 8. The van der Waals surface area contributed by atoms with E-state index in [4.69, 9.17) is 22.1 Å². The Morgan fingerprint density at radius 1 is 1.05 bits per heavy atom. The van der Waals surface area contributed by atoms with Crippen LogP contribution in [0.2, 0.25) is 5.02 Å². The molecular weight excluding hydrogens is 563 g/mol. The van der Waals surface area contributed by atoms with Crippen molar-refractivity contribution >= 4 is 74.0 Å². The van der Waals surface area contributed by atoms with Gasteiger partial charge in [-0.15, -0.1) is 12.4 Å². The highest BCUT2D eigenvalue weighted by atomic mass is 35.5. The Bertz CT molecular complexity index is 1640. The molecule has 1 fully saturated rings. The number of carbonyl (C=O) groups is 1. The molecule has 0 saturated carbocycles. The molecule has 4 N–H and O–H groups in total. The average molecular weight is 590 g/mol. The Hall–Kier alpha value is -3.80. The second-order valence-electron chi connectivity index (χ2n) is 8.74. The Morgan fingerprint density at radius 2 is 1.77 bits per heavy atom. The first-order chi connectivity index (χ1) is 18.2. The molecule has 0 bridgehead atoms. The molecule has 0 radical (unpaired) electrons. The number of primary amides is 1. The standard InChI is InChI=1S/C26H25ClN6O4S.ClH/c1-37-17-11-12-19(27)22(15-17)31-25-26(30-21-9-3-2-8-20(21)29-25)32-38(35,36)18-7-4-6-16(14-18)33-13-5-10-23(33)24(28)34;/h2-4,6-9,11-12,14-15,23H,5,10,13H2,1H3,(H2,28,34)(H,29,31)(H,30,32);1H. The van der Waals surface area contributed by atoms with Gasteiger partial charge in [-0.05, 0) is 55.3 Å². The van der Waals surface area contributed by atoms with Crippen molar-refractivity contribution in [2.24, 2.45) is 5.73 Å². The lowest BCUT2D eigenvalue weighted by Crippen LogP contribution is -2.40. The van der Waals surface area contributed by atoms with Crippen molar-refractivity contribution in [1.29, 1.82) is 0 Å². The zero-order chi connectivity index (χ0) is 26.9. The van der Waals surface area contributed by atoms with Gasteiger partial charge in [-0.25, -0.2) is 18.4 Å². The minimum Gasteiger partial charge on any atom is -0.497 e. The molecule has 1 atom stereocenters. The lowest BCUT2D eigenvalue weighted by atomic mass is 10.2. The number of ether oxygens (including phenoxy) is 1. The number of fused-ring (bicyclic) bond motifs is 1. The average Bonchev–Trinajstić information content (AvgIpc) is 3.41. The van der Waals surface area contributed by atoms with Gasteiger partial charge in [0.1, 0.15) is 11.8 Å². The molecule has 1 saturated heterocycles. The zero-order valence-electron chi connectivity index (χ0n) is 20.8. The number of sulfonamides is 1. The van der Waals surface area contributed by atoms with Crippen LogP contribution >= 0.6 is 24.0 Å². The summed E-state index contributed by atoms with van der Waals surface area (Å²) in [6.07, 6.45) is 1.41. The Kier molecular flexibility index (Phi) is 8.34. The maximum atomic E-state index is 13.5. The summed E-state index contributed by atoms with van der Waals surface area (Å²) >= 11 is 6.37. The number of amides is 1. The van der Waals surface area contributed by atoms with Crippen molar-refractivity contribution in [3.63, 3.8) is 0 Å². The van der Waals surface area contributed by atoms with Crippen LogP contribution in [0, 0.1) is 0 Å². The first-order valence-corrected chi connectivity index (χ1v) is 13.7. The number of nitrogens with one attached hydrogen (secondary N) is 2. The van der Waals surface area contributed by atoms with Crippen molar-refractivity contribution in [2.45, 2.75) is 23.8 Å². The third-order valence-corrected chi connectivity index (χ3v) is 7.94. The Morgan fingerprint density at radius 3 is 2.46 bits per heavy atom. The van der Waals surface area contributed by atoms with Gasteiger partial charge in [0, 0.05) is 18.3 Å². The number of anilines is 4. The van der Waals surface area contributed by atoms with Gasteiger partial charge in [-0.1, -0.05) is 29.8 Å². The predicted molar refractivity (Wildman–Crippen MR) is 155 cm³/mol. The van der Waals surface area contributed by atoms with Gasteiger partial charge < -0.3 is 20.7 Å². The summed E-state index contributed by atoms with van der Waals surface area (Å²) in [7, 11) is -2.57. The summed E-state index contributed by atoms with van der Waals surface area (Å²) in [5, 5.41) is 3.47. The van der Waals surface area contributed by atoms with Gasteiger partial charge in [0.2, 0.25) is 5.91 Å². The van der Waals surface area contributed by atoms with Gasteiger partial charge in [-0.3, -0.25) is 9.52 Å². The van der Waals surface area contributed by atoms with E-state index in [2.05, 4.69) is 20.0 Å². The minimum atomic E-state index is -4.10. The van der Waals surface area contributed by atoms with E-state index in [-0.39, 0.29) is 28.9 Å². The van der Waals surface area contributed by atoms with Crippen molar-refractivity contribution < 1.29 is 17.9 Å². The van der Waals surface area contributed by atoms with Gasteiger partial charge in [-0.2, -0.15) is 0 Å². The van der Waals surface area contributed by atoms with Crippen LogP contribution in [-0.2, 0) is 14.8 Å². The quantitative estimate of drug-likeness (QED) is 0.269. The highest BCUT2D eigenvalue weighted by molar-refractivity contribution is 7.92. The first kappa shape index (κ1) is 28.2. The third-order valence-electron chi connectivity index (χ3n) is 6.27. The molecule has 204 valence electrons. The number of methoxy groups -OCH3 is 1. The molecule has 5 rings (SSSR count). The number of nitrogens with zero attached hydrogens (tertiary/aromatic N) is 3. The SMILES string of the molecule is COc1ccc(Cl)c(Nc2nc3ccccc3nc2NS(=O)(=O)c2cccc(N3CCCC3C(N)=O)c2)c1.Cl. The molecule has 1 aliphatic rings. The highest BCUT2D eigenvalue weighted by Gasteiger charge is 2.30. The van der Waals surface area contributed by atoms with Gasteiger partial charge in [0.15, 0.2) is 11.6 Å². The van der Waals surface area contributed by atoms with E-state index in [1.807, 2.05) is 11.0 Å². The van der Waals surface area contributed by atoms with E-state index in [9.17, 15) is 13.2 Å². The smallest absolute Gasteiger partial charge is 0.263 e. The molecular formula is C26H26Cl2N6O4S. The van der Waals surface area contributed by atoms with E-state index in [0.29, 0.717) is 46.1 Å². The molecule has 13 heteroatoms. The molecule has 3 aromatic carbocycles. The summed E-state index contributed by atoms with van der Waals surface area (Å²) in [4.78, 5) is 22.8. The van der Waals surface area contributed by atoms with Crippen LogP contribution in [0.3, 0.4) is 0 Å². The molecule has 2 heterocycles. The number of benzene rings is 3. The molecule has 39 heavy (non-hydrogen) atoms. The first-order valence-electron chi connectivity index (χ1n) is 11.8. The Labute approximate surface area is 237 Å². The largest absolute Gasteiger partial charge is 0.497 e. The molecule has 0 spiro atoms. The number of para-hydroxylation sites is 2. The predicted octanol–water partition coefficient (Wildman–Crippen LogP) is 4.71. The fraction of sp³-hybridized carbons (Fsp3) is 0.192. The van der Waals surface area contributed by atoms with E-state index in [1.165, 1.54) is 19.2 Å². The third kappa shape index (κ3) is 5.95. The van der Waals surface area contributed by atoms with Crippen molar-refractivity contribution in [3.05, 3.63) is 71.8 Å². The fourth-order valence-corrected chi connectivity index (χ4v) is 5.61. The number of rotatable bonds is 8. The molecule has 1 aliphatic heterocycles. The number of aromatic nitrogens is 2. The monoisotopic (exact) mass is 588 g/mol. The van der Waals surface area contributed by atoms with Crippen LogP contribution in [0.25, 0.3) is 11.0 Å². The van der Waals surface area contributed by atoms with Crippen molar-refractivity contribution in [3.8, 4) is 5.75 Å². The summed E-state index contributed by atoms with van der Waals surface area (Å²) in [5.74, 6) is 0.268. The highest BCUT2D eigenvalue weighted by Crippen LogP contribution is 2.33. The zero-order valence-corrected chi connectivity index (χ0v) is 23.2. The topological polar surface area (TPSA) is 140 Å². The number of hydrogen-bond donors (Lipinski definition) is 3. The second-order valence-corrected chi connectivity index (χ2v) is 10.8. The summed E-state index contributed by atoms with van der Waals surface area (Å²) in [6.45, 7) is 0.607. The number of carbonyl (C=O) groups excluding carboxylic acids is 1. The summed E-state index contributed by atoms with van der Waals surface area (Å²) in [6, 6.07) is 18.0. The van der Waals surface area contributed by atoms with Crippen LogP contribution in [0.5, 0.6) is 5.75 Å². The van der Waals surface area contributed by atoms with Crippen molar-refractivity contribution in [1.82, 2.24) is 9.97 Å². The fourth-order valence-electron chi connectivity index (χ4n) is 4.40. The maximum absolute atomic E-state index is 13.5. The van der Waals surface area contributed by atoms with Crippen LogP contribution in [0.4, 0.5) is 23.0 Å². The normalized spacial score (nSPS) is 15.0. The lowest BCUT2D eigenvalue weighted by molar-refractivity contribution is -0.119. The van der Waals surface area contributed by atoms with E-state index < -0.39 is 22.0 Å². The number of halogens is 2. The summed E-state index contributed by atoms with van der Waals surface area (Å²) in [5.41, 5.74) is 7.68.